The van der Waals surface area contributed by atoms with Crippen LogP contribution < -0.4 is 16.0 Å². The van der Waals surface area contributed by atoms with Gasteiger partial charge in [-0.2, -0.15) is 18.4 Å². The second-order valence-corrected chi connectivity index (χ2v) is 6.61. The van der Waals surface area contributed by atoms with Crippen LogP contribution in [0.2, 0.25) is 0 Å². The number of amides is 1. The van der Waals surface area contributed by atoms with Gasteiger partial charge in [0.2, 0.25) is 5.91 Å². The van der Waals surface area contributed by atoms with Crippen LogP contribution >= 0.6 is 12.2 Å². The summed E-state index contributed by atoms with van der Waals surface area (Å²) in [5.41, 5.74) is 1.53. The molecule has 9 heteroatoms. The normalized spacial score (nSPS) is 11.8. The fraction of sp³-hybridized carbons (Fsp3) is 0.250. The maximum absolute atomic E-state index is 12.4. The van der Waals surface area contributed by atoms with Gasteiger partial charge in [-0.05, 0) is 35.5 Å². The Morgan fingerprint density at radius 1 is 1.07 bits per heavy atom. The molecule has 0 aromatic heterocycles. The summed E-state index contributed by atoms with van der Waals surface area (Å²) >= 11 is 5.23. The number of hydrogen-bond acceptors (Lipinski definition) is 3. The fourth-order valence-corrected chi connectivity index (χ4v) is 2.83. The Kier molecular flexibility index (Phi) is 7.98. The summed E-state index contributed by atoms with van der Waals surface area (Å²) < 4.78 is 37.3. The molecule has 2 rings (SSSR count). The number of nitriles is 1. The maximum Gasteiger partial charge on any atom is 0.393 e. The number of nitrogens with one attached hydrogen (secondary N) is 3. The van der Waals surface area contributed by atoms with Gasteiger partial charge < -0.3 is 16.0 Å². The summed E-state index contributed by atoms with van der Waals surface area (Å²) in [4.78, 5) is 12.4. The van der Waals surface area contributed by atoms with Gasteiger partial charge in [0.1, 0.15) is 12.6 Å². The van der Waals surface area contributed by atoms with E-state index in [2.05, 4.69) is 16.0 Å². The summed E-state index contributed by atoms with van der Waals surface area (Å²) in [5, 5.41) is 17.0. The topological polar surface area (TPSA) is 77.0 Å². The Morgan fingerprint density at radius 3 is 2.31 bits per heavy atom. The molecule has 0 aliphatic heterocycles. The molecule has 152 valence electrons. The molecule has 0 aliphatic carbocycles. The van der Waals surface area contributed by atoms with Crippen LogP contribution in [0.4, 0.5) is 18.9 Å². The minimum atomic E-state index is -4.27. The number of thiocarbonyl (C=S) groups is 1. The molecule has 29 heavy (non-hydrogen) atoms. The zero-order valence-electron chi connectivity index (χ0n) is 15.3. The number of rotatable bonds is 7. The third kappa shape index (κ3) is 8.19. The molecule has 0 aliphatic rings. The first kappa shape index (κ1) is 22.2. The Balaban J connectivity index is 2.01. The van der Waals surface area contributed by atoms with Crippen molar-refractivity contribution in [2.24, 2.45) is 0 Å². The molecule has 1 amide bonds. The minimum absolute atomic E-state index is 0.132. The third-order valence-corrected chi connectivity index (χ3v) is 4.08. The van der Waals surface area contributed by atoms with E-state index in [-0.39, 0.29) is 23.1 Å². The molecule has 5 nitrogen and oxygen atoms in total. The van der Waals surface area contributed by atoms with Crippen molar-refractivity contribution in [1.82, 2.24) is 10.6 Å². The number of benzene rings is 2. The second kappa shape index (κ2) is 10.4. The summed E-state index contributed by atoms with van der Waals surface area (Å²) in [7, 11) is 0. The van der Waals surface area contributed by atoms with Crippen molar-refractivity contribution >= 4 is 28.9 Å². The van der Waals surface area contributed by atoms with Crippen LogP contribution in [-0.4, -0.2) is 29.8 Å². The van der Waals surface area contributed by atoms with Gasteiger partial charge in [-0.1, -0.05) is 42.5 Å². The molecule has 0 fully saturated rings. The lowest BCUT2D eigenvalue weighted by Gasteiger charge is -2.20. The Bertz CT molecular complexity index is 864. The van der Waals surface area contributed by atoms with Gasteiger partial charge in [-0.25, -0.2) is 0 Å². The third-order valence-electron chi connectivity index (χ3n) is 3.86. The van der Waals surface area contributed by atoms with Crippen LogP contribution in [0, 0.1) is 11.3 Å². The lowest BCUT2D eigenvalue weighted by atomic mass is 10.1. The molecule has 1 unspecified atom stereocenters. The first-order chi connectivity index (χ1) is 13.8. The van der Waals surface area contributed by atoms with Gasteiger partial charge in [0.15, 0.2) is 5.11 Å². The lowest BCUT2D eigenvalue weighted by Crippen LogP contribution is -2.49. The van der Waals surface area contributed by atoms with Crippen molar-refractivity contribution in [3.8, 4) is 6.07 Å². The molecule has 2 aromatic carbocycles. The van der Waals surface area contributed by atoms with E-state index in [0.717, 1.165) is 5.56 Å². The van der Waals surface area contributed by atoms with Crippen LogP contribution in [0.15, 0.2) is 54.6 Å². The monoisotopic (exact) mass is 420 g/mol. The highest BCUT2D eigenvalue weighted by atomic mass is 32.1. The van der Waals surface area contributed by atoms with Crippen molar-refractivity contribution in [3.05, 3.63) is 65.7 Å². The van der Waals surface area contributed by atoms with Crippen LogP contribution in [0.5, 0.6) is 0 Å². The maximum atomic E-state index is 12.4. The highest BCUT2D eigenvalue weighted by Gasteiger charge is 2.27. The Hall–Kier alpha value is -3.12. The van der Waals surface area contributed by atoms with E-state index in [0.29, 0.717) is 12.1 Å². The predicted molar refractivity (Wildman–Crippen MR) is 108 cm³/mol. The summed E-state index contributed by atoms with van der Waals surface area (Å²) in [6.45, 7) is -0.132. The highest BCUT2D eigenvalue weighted by Crippen LogP contribution is 2.22. The molecule has 2 aromatic rings. The first-order valence-corrected chi connectivity index (χ1v) is 9.09. The molecule has 0 saturated heterocycles. The molecule has 0 saturated carbocycles. The standard InChI is InChI=1S/C20H19F3N4OS/c21-20(22,23)13-15-6-8-16(9-7-15)26-19(29)27-17(18(28)25-11-10-24)12-14-4-2-1-3-5-14/h1-9,17H,11-13H2,(H,25,28)(H2,26,27,29). The van der Waals surface area contributed by atoms with E-state index < -0.39 is 18.6 Å². The van der Waals surface area contributed by atoms with Gasteiger partial charge in [-0.3, -0.25) is 4.79 Å². The lowest BCUT2D eigenvalue weighted by molar-refractivity contribution is -0.127. The van der Waals surface area contributed by atoms with Crippen LogP contribution in [0.3, 0.4) is 0 Å². The van der Waals surface area contributed by atoms with Gasteiger partial charge in [0.05, 0.1) is 12.5 Å². The molecule has 1 atom stereocenters. The summed E-state index contributed by atoms with van der Waals surface area (Å²) in [6.07, 6.45) is -4.94. The average molecular weight is 420 g/mol. The highest BCUT2D eigenvalue weighted by molar-refractivity contribution is 7.80. The van der Waals surface area contributed by atoms with E-state index in [9.17, 15) is 18.0 Å². The number of carbonyl (C=O) groups is 1. The smallest absolute Gasteiger partial charge is 0.350 e. The van der Waals surface area contributed by atoms with E-state index in [4.69, 9.17) is 17.5 Å². The molecular formula is C20H19F3N4OS. The number of hydrogen-bond donors (Lipinski definition) is 3. The zero-order valence-corrected chi connectivity index (χ0v) is 16.1. The zero-order chi connectivity index (χ0) is 21.3. The van der Waals surface area contributed by atoms with Gasteiger partial charge in [-0.15, -0.1) is 0 Å². The van der Waals surface area contributed by atoms with Crippen molar-refractivity contribution in [3.63, 3.8) is 0 Å². The Morgan fingerprint density at radius 2 is 1.72 bits per heavy atom. The van der Waals surface area contributed by atoms with Gasteiger partial charge in [0.25, 0.3) is 0 Å². The fourth-order valence-electron chi connectivity index (χ4n) is 2.57. The average Bonchev–Trinajstić information content (AvgIpc) is 2.67. The number of anilines is 1. The first-order valence-electron chi connectivity index (χ1n) is 8.68. The second-order valence-electron chi connectivity index (χ2n) is 6.21. The van der Waals surface area contributed by atoms with Crippen molar-refractivity contribution in [2.75, 3.05) is 11.9 Å². The van der Waals surface area contributed by atoms with Gasteiger partial charge >= 0.3 is 6.18 Å². The largest absolute Gasteiger partial charge is 0.393 e. The Labute approximate surface area is 171 Å². The van der Waals surface area contributed by atoms with Crippen molar-refractivity contribution < 1.29 is 18.0 Å². The van der Waals surface area contributed by atoms with Crippen LogP contribution in [-0.2, 0) is 17.6 Å². The number of halogens is 3. The number of alkyl halides is 3. The SMILES string of the molecule is N#CCNC(=O)C(Cc1ccccc1)NC(=S)Nc1ccc(CC(F)(F)F)cc1. The van der Waals surface area contributed by atoms with E-state index in [1.54, 1.807) is 0 Å². The van der Waals surface area contributed by atoms with Crippen LogP contribution in [0.25, 0.3) is 0 Å². The summed E-state index contributed by atoms with van der Waals surface area (Å²) in [5.74, 6) is -0.389. The quantitative estimate of drug-likeness (QED) is 0.473. The summed E-state index contributed by atoms with van der Waals surface area (Å²) in [6, 6.07) is 16.1. The number of nitrogens with zero attached hydrogens (tertiary/aromatic N) is 1. The van der Waals surface area contributed by atoms with E-state index >= 15 is 0 Å². The molecule has 0 bridgehead atoms. The van der Waals surface area contributed by atoms with E-state index in [1.807, 2.05) is 36.4 Å². The number of carbonyl (C=O) groups excluding carboxylic acids is 1. The molecular weight excluding hydrogens is 401 g/mol. The predicted octanol–water partition coefficient (Wildman–Crippen LogP) is 3.33. The molecule has 0 spiro atoms. The van der Waals surface area contributed by atoms with Gasteiger partial charge in [0, 0.05) is 12.1 Å². The molecule has 0 radical (unpaired) electrons. The van der Waals surface area contributed by atoms with Crippen molar-refractivity contribution in [1.29, 1.82) is 5.26 Å². The van der Waals surface area contributed by atoms with E-state index in [1.165, 1.54) is 24.3 Å². The van der Waals surface area contributed by atoms with Crippen LogP contribution in [0.1, 0.15) is 11.1 Å². The van der Waals surface area contributed by atoms with Crippen molar-refractivity contribution in [2.45, 2.75) is 25.1 Å². The molecule has 3 N–H and O–H groups in total. The minimum Gasteiger partial charge on any atom is -0.350 e. The molecule has 0 heterocycles.